The molecule has 2 heteroatoms. The Morgan fingerprint density at radius 3 is 2.36 bits per heavy atom. The van der Waals surface area contributed by atoms with Crippen molar-refractivity contribution in [2.75, 3.05) is 0 Å². The summed E-state index contributed by atoms with van der Waals surface area (Å²) in [5.41, 5.74) is 2.53. The number of hydrogen-bond donors (Lipinski definition) is 0. The van der Waals surface area contributed by atoms with Crippen molar-refractivity contribution in [3.8, 4) is 0 Å². The van der Waals surface area contributed by atoms with Crippen molar-refractivity contribution in [2.45, 2.75) is 77.7 Å². The molecule has 122 valence electrons. The Hall–Kier alpha value is -1.31. The first-order chi connectivity index (χ1) is 10.7. The van der Waals surface area contributed by atoms with Crippen LogP contribution in [0.1, 0.15) is 82.4 Å². The minimum Gasteiger partial charge on any atom is -0.457 e. The Kier molecular flexibility index (Phi) is 6.95. The number of carbonyl (C=O) groups is 1. The summed E-state index contributed by atoms with van der Waals surface area (Å²) in [6.45, 7) is 4.41. The number of benzene rings is 1. The van der Waals surface area contributed by atoms with Crippen LogP contribution in [-0.2, 0) is 16.0 Å². The minimum absolute atomic E-state index is 0.0161. The van der Waals surface area contributed by atoms with Crippen molar-refractivity contribution >= 4 is 5.97 Å². The maximum absolute atomic E-state index is 12.2. The van der Waals surface area contributed by atoms with Gasteiger partial charge in [0.2, 0.25) is 0 Å². The lowest BCUT2D eigenvalue weighted by Crippen LogP contribution is -2.26. The monoisotopic (exact) mass is 302 g/mol. The van der Waals surface area contributed by atoms with E-state index in [1.54, 1.807) is 0 Å². The number of carbonyl (C=O) groups excluding carboxylic acids is 1. The number of aryl methyl sites for hydroxylation is 1. The third kappa shape index (κ3) is 4.86. The lowest BCUT2D eigenvalue weighted by Gasteiger charge is -2.28. The molecule has 1 aromatic carbocycles. The van der Waals surface area contributed by atoms with E-state index >= 15 is 0 Å². The van der Waals surface area contributed by atoms with Gasteiger partial charge in [0.1, 0.15) is 6.10 Å². The molecular formula is C20H30O2. The van der Waals surface area contributed by atoms with Crippen molar-refractivity contribution < 1.29 is 9.53 Å². The third-order valence-electron chi connectivity index (χ3n) is 4.70. The van der Waals surface area contributed by atoms with Crippen LogP contribution in [0, 0.1) is 5.92 Å². The molecule has 0 aliphatic carbocycles. The Bertz CT molecular complexity index is 449. The van der Waals surface area contributed by atoms with Crippen molar-refractivity contribution in [3.63, 3.8) is 0 Å². The topological polar surface area (TPSA) is 26.3 Å². The molecule has 1 aliphatic heterocycles. The molecule has 2 unspecified atom stereocenters. The molecule has 1 heterocycles. The summed E-state index contributed by atoms with van der Waals surface area (Å²) in [5, 5.41) is 0. The average molecular weight is 302 g/mol. The van der Waals surface area contributed by atoms with Gasteiger partial charge in [0, 0.05) is 0 Å². The highest BCUT2D eigenvalue weighted by Gasteiger charge is 2.30. The second-order valence-electron chi connectivity index (χ2n) is 6.54. The van der Waals surface area contributed by atoms with Crippen LogP contribution in [0.15, 0.2) is 24.3 Å². The van der Waals surface area contributed by atoms with Crippen LogP contribution < -0.4 is 0 Å². The Balaban J connectivity index is 1.85. The van der Waals surface area contributed by atoms with Crippen molar-refractivity contribution in [1.82, 2.24) is 0 Å². The van der Waals surface area contributed by atoms with Crippen LogP contribution in [0.5, 0.6) is 0 Å². The summed E-state index contributed by atoms with van der Waals surface area (Å²) in [6.07, 6.45) is 10.1. The van der Waals surface area contributed by atoms with E-state index in [1.807, 2.05) is 0 Å². The first-order valence-electron chi connectivity index (χ1n) is 9.04. The fraction of sp³-hybridized carbons (Fsp3) is 0.650. The minimum atomic E-state index is -0.0323. The highest BCUT2D eigenvalue weighted by atomic mass is 16.5. The second-order valence-corrected chi connectivity index (χ2v) is 6.54. The second kappa shape index (κ2) is 8.97. The van der Waals surface area contributed by atoms with Gasteiger partial charge in [-0.2, -0.15) is 0 Å². The molecule has 0 spiro atoms. The first-order valence-corrected chi connectivity index (χ1v) is 9.04. The van der Waals surface area contributed by atoms with Crippen LogP contribution in [-0.4, -0.2) is 5.97 Å². The van der Waals surface area contributed by atoms with Gasteiger partial charge in [0.25, 0.3) is 0 Å². The molecule has 0 N–H and O–H groups in total. The van der Waals surface area contributed by atoms with Crippen LogP contribution in [0.4, 0.5) is 0 Å². The standard InChI is InChI=1S/C20H30O2/c1-3-5-7-9-18-14-15-19(22-20(18)21)17-12-10-16(11-13-17)8-6-4-2/h10-13,18-19H,3-9,14-15H2,1-2H3. The molecule has 22 heavy (non-hydrogen) atoms. The largest absolute Gasteiger partial charge is 0.457 e. The zero-order chi connectivity index (χ0) is 15.8. The number of unbranched alkanes of at least 4 members (excludes halogenated alkanes) is 3. The molecule has 1 aromatic rings. The maximum atomic E-state index is 12.2. The molecule has 2 atom stereocenters. The summed E-state index contributed by atoms with van der Waals surface area (Å²) in [7, 11) is 0. The molecule has 0 saturated carbocycles. The number of cyclic esters (lactones) is 1. The van der Waals surface area contributed by atoms with Gasteiger partial charge < -0.3 is 4.74 Å². The number of rotatable bonds is 8. The van der Waals surface area contributed by atoms with Gasteiger partial charge >= 0.3 is 5.97 Å². The number of ether oxygens (including phenoxy) is 1. The molecular weight excluding hydrogens is 272 g/mol. The van der Waals surface area contributed by atoms with Gasteiger partial charge in [-0.25, -0.2) is 0 Å². The molecule has 1 fully saturated rings. The van der Waals surface area contributed by atoms with E-state index in [2.05, 4.69) is 38.1 Å². The SMILES string of the molecule is CCCCCC1CCC(c2ccc(CCCC)cc2)OC1=O. The van der Waals surface area contributed by atoms with Gasteiger partial charge in [0.15, 0.2) is 0 Å². The van der Waals surface area contributed by atoms with Crippen LogP contribution in [0.3, 0.4) is 0 Å². The summed E-state index contributed by atoms with van der Waals surface area (Å²) in [4.78, 5) is 12.2. The molecule has 0 radical (unpaired) electrons. The van der Waals surface area contributed by atoms with Gasteiger partial charge in [0.05, 0.1) is 5.92 Å². The lowest BCUT2D eigenvalue weighted by atomic mass is 9.90. The van der Waals surface area contributed by atoms with Crippen LogP contribution in [0.25, 0.3) is 0 Å². The van der Waals surface area contributed by atoms with E-state index in [0.717, 1.165) is 37.7 Å². The predicted octanol–water partition coefficient (Wildman–Crippen LogP) is 5.60. The van der Waals surface area contributed by atoms with E-state index in [9.17, 15) is 4.79 Å². The third-order valence-corrected chi connectivity index (χ3v) is 4.70. The number of esters is 1. The normalized spacial score (nSPS) is 21.6. The number of hydrogen-bond acceptors (Lipinski definition) is 2. The molecule has 1 saturated heterocycles. The summed E-state index contributed by atoms with van der Waals surface area (Å²) in [6, 6.07) is 8.65. The molecule has 1 aliphatic rings. The lowest BCUT2D eigenvalue weighted by molar-refractivity contribution is -0.161. The van der Waals surface area contributed by atoms with Gasteiger partial charge in [-0.1, -0.05) is 63.8 Å². The zero-order valence-electron chi connectivity index (χ0n) is 14.1. The summed E-state index contributed by atoms with van der Waals surface area (Å²) in [5.74, 6) is 0.147. The summed E-state index contributed by atoms with van der Waals surface area (Å²) >= 11 is 0. The van der Waals surface area contributed by atoms with Crippen molar-refractivity contribution in [1.29, 1.82) is 0 Å². The molecule has 0 amide bonds. The Morgan fingerprint density at radius 1 is 1.00 bits per heavy atom. The maximum Gasteiger partial charge on any atom is 0.309 e. The average Bonchev–Trinajstić information content (AvgIpc) is 2.55. The van der Waals surface area contributed by atoms with Crippen molar-refractivity contribution in [2.24, 2.45) is 5.92 Å². The van der Waals surface area contributed by atoms with Crippen molar-refractivity contribution in [3.05, 3.63) is 35.4 Å². The smallest absolute Gasteiger partial charge is 0.309 e. The molecule has 0 bridgehead atoms. The fourth-order valence-electron chi connectivity index (χ4n) is 3.18. The van der Waals surface area contributed by atoms with E-state index in [-0.39, 0.29) is 18.0 Å². The Labute approximate surface area is 135 Å². The Morgan fingerprint density at radius 2 is 1.73 bits per heavy atom. The highest BCUT2D eigenvalue weighted by molar-refractivity contribution is 5.73. The summed E-state index contributed by atoms with van der Waals surface area (Å²) < 4.78 is 5.70. The van der Waals surface area contributed by atoms with E-state index in [1.165, 1.54) is 31.2 Å². The van der Waals surface area contributed by atoms with E-state index in [0.29, 0.717) is 0 Å². The fourth-order valence-corrected chi connectivity index (χ4v) is 3.18. The predicted molar refractivity (Wildman–Crippen MR) is 90.8 cm³/mol. The molecule has 0 aromatic heterocycles. The highest BCUT2D eigenvalue weighted by Crippen LogP contribution is 2.33. The van der Waals surface area contributed by atoms with Crippen LogP contribution in [0.2, 0.25) is 0 Å². The van der Waals surface area contributed by atoms with E-state index in [4.69, 9.17) is 4.74 Å². The van der Waals surface area contributed by atoms with Gasteiger partial charge in [-0.15, -0.1) is 0 Å². The molecule has 2 rings (SSSR count). The van der Waals surface area contributed by atoms with E-state index < -0.39 is 0 Å². The first kappa shape index (κ1) is 17.1. The van der Waals surface area contributed by atoms with Crippen LogP contribution >= 0.6 is 0 Å². The van der Waals surface area contributed by atoms with Gasteiger partial charge in [-0.3, -0.25) is 4.79 Å². The molecule has 2 nitrogen and oxygen atoms in total. The van der Waals surface area contributed by atoms with Gasteiger partial charge in [-0.05, 0) is 43.2 Å². The quantitative estimate of drug-likeness (QED) is 0.461. The zero-order valence-corrected chi connectivity index (χ0v) is 14.1.